The van der Waals surface area contributed by atoms with E-state index in [0.717, 1.165) is 16.7 Å². The van der Waals surface area contributed by atoms with E-state index in [1.54, 1.807) is 52.0 Å². The molecule has 1 fully saturated rings. The molecule has 4 heterocycles. The Morgan fingerprint density at radius 3 is 2.21 bits per heavy atom. The second kappa shape index (κ2) is 21.2. The third kappa shape index (κ3) is 11.6. The quantitative estimate of drug-likeness (QED) is 0.168. The molecule has 0 aliphatic carbocycles. The van der Waals surface area contributed by atoms with Crippen LogP contribution in [0.3, 0.4) is 0 Å². The zero-order valence-corrected chi connectivity index (χ0v) is 36.0. The Labute approximate surface area is 362 Å². The number of nitrogens with one attached hydrogen (secondary N) is 6. The summed E-state index contributed by atoms with van der Waals surface area (Å²) < 4.78 is 0. The lowest BCUT2D eigenvalue weighted by atomic mass is 9.83. The summed E-state index contributed by atoms with van der Waals surface area (Å²) >= 11 is 1.10. The number of thioether (sulfide) groups is 1. The van der Waals surface area contributed by atoms with Crippen LogP contribution >= 0.6 is 11.8 Å². The molecular weight excluding hydrogens is 827 g/mol. The molecule has 338 valence electrons. The molecule has 0 spiro atoms. The highest BCUT2D eigenvalue weighted by Crippen LogP contribution is 2.34. The van der Waals surface area contributed by atoms with Crippen molar-refractivity contribution in [3.63, 3.8) is 0 Å². The number of aromatic amines is 1. The highest BCUT2D eigenvalue weighted by Gasteiger charge is 2.44. The lowest BCUT2D eigenvalue weighted by Gasteiger charge is -2.32. The monoisotopic (exact) mass is 883 g/mol. The highest BCUT2D eigenvalue weighted by atomic mass is 32.2. The first kappa shape index (κ1) is 47.7. The van der Waals surface area contributed by atoms with Gasteiger partial charge >= 0.3 is 5.97 Å². The average Bonchev–Trinajstić information content (AvgIpc) is 3.81. The number of carboxylic acid groups (broad SMARTS) is 1. The zero-order chi connectivity index (χ0) is 45.4. The second-order valence-corrected chi connectivity index (χ2v) is 17.7. The van der Waals surface area contributed by atoms with Crippen LogP contribution in [0.25, 0.3) is 10.9 Å². The number of fused-ring (bicyclic) bond motifs is 5. The van der Waals surface area contributed by atoms with Gasteiger partial charge in [0, 0.05) is 55.0 Å². The van der Waals surface area contributed by atoms with E-state index in [2.05, 4.69) is 31.6 Å². The summed E-state index contributed by atoms with van der Waals surface area (Å²) in [6, 6.07) is 1.93. The molecule has 10 atom stereocenters. The first-order chi connectivity index (χ1) is 29.4. The Kier molecular flexibility index (Phi) is 16.3. The van der Waals surface area contributed by atoms with Crippen LogP contribution in [0.15, 0.2) is 29.3 Å². The van der Waals surface area contributed by atoms with Gasteiger partial charge < -0.3 is 51.8 Å². The van der Waals surface area contributed by atoms with Crippen molar-refractivity contribution >= 4 is 75.6 Å². The van der Waals surface area contributed by atoms with E-state index in [9.17, 15) is 58.5 Å². The van der Waals surface area contributed by atoms with E-state index in [1.165, 1.54) is 0 Å². The van der Waals surface area contributed by atoms with Gasteiger partial charge in [-0.2, -0.15) is 0 Å². The number of amides is 6. The van der Waals surface area contributed by atoms with Crippen LogP contribution < -0.4 is 26.6 Å². The minimum Gasteiger partial charge on any atom is -0.481 e. The normalized spacial score (nSPS) is 28.1. The molecule has 6 amide bonds. The lowest BCUT2D eigenvalue weighted by molar-refractivity contribution is -0.148. The van der Waals surface area contributed by atoms with Crippen molar-refractivity contribution in [2.24, 2.45) is 29.6 Å². The minimum atomic E-state index is -1.54. The predicted octanol–water partition coefficient (Wildman–Crippen LogP) is -0.586. The molecule has 2 aromatic rings. The fourth-order valence-electron chi connectivity index (χ4n) is 8.15. The Bertz CT molecular complexity index is 2060. The van der Waals surface area contributed by atoms with Gasteiger partial charge in [0.1, 0.15) is 12.1 Å². The summed E-state index contributed by atoms with van der Waals surface area (Å²) in [4.78, 5) is 128. The summed E-state index contributed by atoms with van der Waals surface area (Å²) in [5, 5.41) is 45.0. The van der Waals surface area contributed by atoms with Crippen LogP contribution in [-0.2, 0) is 49.6 Å². The van der Waals surface area contributed by atoms with Gasteiger partial charge in [0.2, 0.25) is 35.4 Å². The largest absolute Gasteiger partial charge is 0.481 e. The van der Waals surface area contributed by atoms with E-state index >= 15 is 0 Å². The van der Waals surface area contributed by atoms with Gasteiger partial charge in [0.05, 0.1) is 48.6 Å². The Balaban J connectivity index is 1.69. The molecule has 3 aliphatic rings. The van der Waals surface area contributed by atoms with Crippen molar-refractivity contribution in [2.45, 2.75) is 102 Å². The third-order valence-corrected chi connectivity index (χ3v) is 13.4. The maximum Gasteiger partial charge on any atom is 0.304 e. The number of aliphatic hydroxyl groups is 2. The van der Waals surface area contributed by atoms with Crippen LogP contribution in [0.5, 0.6) is 0 Å². The van der Waals surface area contributed by atoms with Gasteiger partial charge in [-0.15, -0.1) is 11.8 Å². The molecule has 0 radical (unpaired) electrons. The standard InChI is InChI=1S/C42H57N7O12S/c1-5-20(2)36-40(60)44-15-33(54)45-29-19-62-41-27(26-8-6-7-9-28(26)46-41)10-23(38(58)43-16-34(55)47-36)11-32(53)37(22(4)21(3)18-50)48-39(59)30-14-25(51)17-49(30)42(61)24(12-31(29)52)13-35(56)57/h6-9,20-25,29-30,36-37,46,50-51H,5,10-19H2,1-4H3,(H,43,58)(H,44,60)(H,45,54)(H,47,55)(H,48,59)(H,56,57)/t20-,21-,22-,23?,24-,25?,29?,30-,36-,37-/m0/s1. The van der Waals surface area contributed by atoms with E-state index in [1.807, 2.05) is 0 Å². The van der Waals surface area contributed by atoms with Crippen molar-refractivity contribution in [1.82, 2.24) is 36.5 Å². The van der Waals surface area contributed by atoms with E-state index < -0.39 is 145 Å². The first-order valence-electron chi connectivity index (χ1n) is 21.0. The van der Waals surface area contributed by atoms with E-state index in [-0.39, 0.29) is 31.7 Å². The second-order valence-electron chi connectivity index (χ2n) is 16.7. The highest BCUT2D eigenvalue weighted by molar-refractivity contribution is 7.99. The molecule has 0 saturated carbocycles. The molecule has 5 rings (SSSR count). The predicted molar refractivity (Wildman–Crippen MR) is 224 cm³/mol. The van der Waals surface area contributed by atoms with Crippen molar-refractivity contribution < 1.29 is 58.5 Å². The fourth-order valence-corrected chi connectivity index (χ4v) is 9.30. The Hall–Kier alpha value is -5.34. The maximum atomic E-state index is 14.6. The summed E-state index contributed by atoms with van der Waals surface area (Å²) in [6.07, 6.45) is -3.14. The third-order valence-electron chi connectivity index (χ3n) is 12.3. The number of H-pyrrole nitrogens is 1. The number of para-hydroxylation sites is 1. The topological polar surface area (TPSA) is 293 Å². The molecule has 3 unspecified atom stereocenters. The van der Waals surface area contributed by atoms with Gasteiger partial charge in [-0.05, 0) is 35.8 Å². The molecule has 9 N–H and O–H groups in total. The van der Waals surface area contributed by atoms with Gasteiger partial charge in [-0.1, -0.05) is 52.3 Å². The van der Waals surface area contributed by atoms with Crippen molar-refractivity contribution in [2.75, 3.05) is 32.0 Å². The summed E-state index contributed by atoms with van der Waals surface area (Å²) in [5.41, 5.74) is 1.21. The molecule has 62 heavy (non-hydrogen) atoms. The van der Waals surface area contributed by atoms with Crippen LogP contribution in [0.4, 0.5) is 0 Å². The van der Waals surface area contributed by atoms with Crippen molar-refractivity contribution in [3.8, 4) is 0 Å². The van der Waals surface area contributed by atoms with Crippen LogP contribution in [0.1, 0.15) is 65.4 Å². The van der Waals surface area contributed by atoms with Crippen molar-refractivity contribution in [1.29, 1.82) is 0 Å². The summed E-state index contributed by atoms with van der Waals surface area (Å²) in [5.74, 6) is -12.0. The van der Waals surface area contributed by atoms with Gasteiger partial charge in [-0.25, -0.2) is 0 Å². The van der Waals surface area contributed by atoms with Crippen molar-refractivity contribution in [3.05, 3.63) is 29.8 Å². The Morgan fingerprint density at radius 1 is 0.855 bits per heavy atom. The smallest absolute Gasteiger partial charge is 0.304 e. The number of Topliss-reactive ketones (excluding diaryl/α,β-unsaturated/α-hetero) is 2. The maximum absolute atomic E-state index is 14.6. The number of benzene rings is 1. The number of hydrogen-bond acceptors (Lipinski definition) is 12. The number of carbonyl (C=O) groups excluding carboxylic acids is 8. The SMILES string of the molecule is CC[C@H](C)[C@@H]1NC(=O)CNC(=O)C2CC(=O)[C@H]([C@@H](C)[C@@H](C)CO)NC(=O)[C@@H]3CC(O)CN3C(=O)[C@H](CC(=O)O)CC(=O)C(CSc3[nH]c4ccccc4c3C2)NC(=O)CNC1=O. The molecule has 19 nitrogen and oxygen atoms in total. The number of rotatable bonds is 7. The number of aromatic nitrogens is 1. The molecule has 1 aromatic heterocycles. The molecule has 1 saturated heterocycles. The molecule has 3 aliphatic heterocycles. The van der Waals surface area contributed by atoms with Gasteiger partial charge in [0.15, 0.2) is 11.6 Å². The van der Waals surface area contributed by atoms with Crippen LogP contribution in [0.2, 0.25) is 0 Å². The van der Waals surface area contributed by atoms with Crippen LogP contribution in [0, 0.1) is 29.6 Å². The number of aliphatic hydroxyl groups excluding tert-OH is 2. The van der Waals surface area contributed by atoms with Gasteiger partial charge in [0.25, 0.3) is 0 Å². The number of nitrogens with zero attached hydrogens (tertiary/aromatic N) is 1. The molecule has 1 aromatic carbocycles. The molecule has 20 heteroatoms. The average molecular weight is 884 g/mol. The summed E-state index contributed by atoms with van der Waals surface area (Å²) in [6.45, 7) is 4.87. The Morgan fingerprint density at radius 2 is 1.53 bits per heavy atom. The number of carbonyl (C=O) groups is 9. The number of hydrogen-bond donors (Lipinski definition) is 9. The van der Waals surface area contributed by atoms with E-state index in [4.69, 9.17) is 0 Å². The molecular formula is C42H57N7O12S. The molecule has 2 bridgehead atoms. The van der Waals surface area contributed by atoms with Crippen LogP contribution in [-0.4, -0.2) is 140 Å². The van der Waals surface area contributed by atoms with E-state index in [0.29, 0.717) is 27.9 Å². The number of ketones is 2. The van der Waals surface area contributed by atoms with Gasteiger partial charge in [-0.3, -0.25) is 43.2 Å². The fraction of sp³-hybridized carbons (Fsp3) is 0.595. The minimum absolute atomic E-state index is 0.0865. The summed E-state index contributed by atoms with van der Waals surface area (Å²) in [7, 11) is 0. The first-order valence-corrected chi connectivity index (χ1v) is 21.9. The lowest BCUT2D eigenvalue weighted by Crippen LogP contribution is -2.56. The number of aliphatic carboxylic acids is 1. The zero-order valence-electron chi connectivity index (χ0n) is 35.2. The number of carboxylic acids is 1.